The molecule has 0 saturated heterocycles. The van der Waals surface area contributed by atoms with Gasteiger partial charge in [-0.05, 0) is 58.8 Å². The van der Waals surface area contributed by atoms with Crippen molar-refractivity contribution in [3.63, 3.8) is 0 Å². The van der Waals surface area contributed by atoms with E-state index in [9.17, 15) is 19.5 Å². The highest BCUT2D eigenvalue weighted by Crippen LogP contribution is 2.44. The fourth-order valence-electron chi connectivity index (χ4n) is 6.39. The number of rotatable bonds is 13. The van der Waals surface area contributed by atoms with Gasteiger partial charge in [0.2, 0.25) is 0 Å². The first-order valence-electron chi connectivity index (χ1n) is 15.6. The van der Waals surface area contributed by atoms with Gasteiger partial charge in [0.15, 0.2) is 0 Å². The maximum Gasteiger partial charge on any atom is 0.407 e. The Morgan fingerprint density at radius 1 is 0.783 bits per heavy atom. The highest BCUT2D eigenvalue weighted by Gasteiger charge is 2.31. The summed E-state index contributed by atoms with van der Waals surface area (Å²) < 4.78 is 11.2. The highest BCUT2D eigenvalue weighted by atomic mass is 16.6. The van der Waals surface area contributed by atoms with Crippen LogP contribution in [0.1, 0.15) is 46.9 Å². The van der Waals surface area contributed by atoms with Crippen LogP contribution in [0.5, 0.6) is 0 Å². The monoisotopic (exact) mass is 619 g/mol. The Morgan fingerprint density at radius 2 is 1.41 bits per heavy atom. The Morgan fingerprint density at radius 3 is 2.11 bits per heavy atom. The Balaban J connectivity index is 1.09. The molecule has 1 aliphatic carbocycles. The van der Waals surface area contributed by atoms with E-state index >= 15 is 0 Å². The number of hydrogen-bond acceptors (Lipinski definition) is 7. The van der Waals surface area contributed by atoms with Crippen molar-refractivity contribution >= 4 is 23.7 Å². The molecule has 1 heterocycles. The molecule has 1 aliphatic heterocycles. The van der Waals surface area contributed by atoms with Gasteiger partial charge >= 0.3 is 18.0 Å². The summed E-state index contributed by atoms with van der Waals surface area (Å²) in [5, 5.41) is 19.1. The van der Waals surface area contributed by atoms with E-state index < -0.39 is 30.1 Å². The van der Waals surface area contributed by atoms with E-state index in [1.165, 1.54) is 0 Å². The average molecular weight is 620 g/mol. The van der Waals surface area contributed by atoms with Crippen LogP contribution >= 0.6 is 0 Å². The van der Waals surface area contributed by atoms with Gasteiger partial charge in [0, 0.05) is 24.1 Å². The maximum atomic E-state index is 13.2. The first-order valence-corrected chi connectivity index (χ1v) is 15.6. The number of carbonyl (C=O) groups excluding carboxylic acids is 2. The lowest BCUT2D eigenvalue weighted by atomic mass is 9.94. The van der Waals surface area contributed by atoms with Crippen molar-refractivity contribution in [1.29, 1.82) is 0 Å². The first kappa shape index (κ1) is 30.9. The Labute approximate surface area is 267 Å². The molecule has 46 heavy (non-hydrogen) atoms. The number of esters is 1. The largest absolute Gasteiger partial charge is 0.480 e. The van der Waals surface area contributed by atoms with Crippen molar-refractivity contribution in [3.8, 4) is 11.1 Å². The summed E-state index contributed by atoms with van der Waals surface area (Å²) in [7, 11) is 0. The smallest absolute Gasteiger partial charge is 0.407 e. The molecule has 4 N–H and O–H groups in total. The van der Waals surface area contributed by atoms with Crippen LogP contribution in [0.4, 0.5) is 10.5 Å². The molecule has 1 amide bonds. The van der Waals surface area contributed by atoms with Crippen molar-refractivity contribution in [2.75, 3.05) is 25.0 Å². The quantitative estimate of drug-likeness (QED) is 0.141. The Kier molecular flexibility index (Phi) is 9.59. The number of nitrogens with one attached hydrogen (secondary N) is 3. The van der Waals surface area contributed by atoms with E-state index in [-0.39, 0.29) is 38.0 Å². The molecule has 2 aliphatic rings. The minimum absolute atomic E-state index is 0.0374. The van der Waals surface area contributed by atoms with Crippen molar-refractivity contribution in [2.24, 2.45) is 0 Å². The number of carboxylic acid groups (broad SMARTS) is 1. The zero-order valence-corrected chi connectivity index (χ0v) is 25.4. The third-order valence-electron chi connectivity index (χ3n) is 8.73. The molecule has 0 saturated carbocycles. The molecule has 0 radical (unpaired) electrons. The molecule has 0 aromatic heterocycles. The van der Waals surface area contributed by atoms with Gasteiger partial charge in [-0.2, -0.15) is 0 Å². The number of fused-ring (bicyclic) bond motifs is 4. The zero-order chi connectivity index (χ0) is 31.9. The normalized spacial score (nSPS) is 15.9. The molecular weight excluding hydrogens is 582 g/mol. The number of benzene rings is 4. The Bertz CT molecular complexity index is 1650. The zero-order valence-electron chi connectivity index (χ0n) is 25.4. The number of carbonyl (C=O) groups is 3. The predicted octanol–water partition coefficient (Wildman–Crippen LogP) is 5.67. The van der Waals surface area contributed by atoms with Gasteiger partial charge in [-0.1, -0.05) is 97.1 Å². The van der Waals surface area contributed by atoms with Crippen molar-refractivity contribution < 1.29 is 29.0 Å². The molecule has 3 atom stereocenters. The summed E-state index contributed by atoms with van der Waals surface area (Å²) in [5.74, 6) is -1.69. The number of para-hydroxylation sites is 1. The number of hydrogen-bond donors (Lipinski definition) is 4. The summed E-state index contributed by atoms with van der Waals surface area (Å²) in [6.07, 6.45) is -0.254. The molecule has 9 heteroatoms. The highest BCUT2D eigenvalue weighted by molar-refractivity contribution is 5.82. The van der Waals surface area contributed by atoms with Gasteiger partial charge in [0.25, 0.3) is 0 Å². The van der Waals surface area contributed by atoms with Crippen LogP contribution < -0.4 is 16.0 Å². The lowest BCUT2D eigenvalue weighted by Crippen LogP contribution is -2.46. The van der Waals surface area contributed by atoms with E-state index in [2.05, 4.69) is 28.1 Å². The van der Waals surface area contributed by atoms with E-state index in [1.54, 1.807) is 0 Å². The first-order chi connectivity index (χ1) is 22.5. The molecule has 4 aromatic carbocycles. The summed E-state index contributed by atoms with van der Waals surface area (Å²) >= 11 is 0. The number of aliphatic carboxylic acids is 1. The van der Waals surface area contributed by atoms with Gasteiger partial charge in [0.05, 0.1) is 0 Å². The van der Waals surface area contributed by atoms with Crippen LogP contribution in [0.25, 0.3) is 11.1 Å². The summed E-state index contributed by atoms with van der Waals surface area (Å²) in [5.41, 5.74) is 7.32. The lowest BCUT2D eigenvalue weighted by molar-refractivity contribution is -0.147. The van der Waals surface area contributed by atoms with Crippen molar-refractivity contribution in [1.82, 2.24) is 10.6 Å². The summed E-state index contributed by atoms with van der Waals surface area (Å²) in [6, 6.07) is 31.4. The van der Waals surface area contributed by atoms with Crippen molar-refractivity contribution in [3.05, 3.63) is 125 Å². The second kappa shape index (κ2) is 14.3. The van der Waals surface area contributed by atoms with E-state index in [1.807, 2.05) is 91.0 Å². The molecule has 0 fully saturated rings. The summed E-state index contributed by atoms with van der Waals surface area (Å²) in [6.45, 7) is 0.958. The number of carboxylic acids is 1. The lowest BCUT2D eigenvalue weighted by Gasteiger charge is -2.22. The standard InChI is InChI=1S/C37H37N3O6/c41-35(42)34(20-25-21-39-32-17-9-8-12-26(25)32)38-19-18-33(36(43)45-22-24-10-2-1-3-11-24)40-37(44)46-23-31-29-15-6-4-13-27(29)28-14-5-7-16-30(28)31/h1-17,25,31,33-34,38-39H,18-23H2,(H,40,44)(H,41,42)/t25?,33-,34-/m0/s1. The van der Waals surface area contributed by atoms with Crippen molar-refractivity contribution in [2.45, 2.75) is 43.4 Å². The molecule has 236 valence electrons. The summed E-state index contributed by atoms with van der Waals surface area (Å²) in [4.78, 5) is 38.5. The van der Waals surface area contributed by atoms with Crippen LogP contribution in [-0.4, -0.2) is 54.9 Å². The number of alkyl carbamates (subject to hydrolysis) is 1. The van der Waals surface area contributed by atoms with Gasteiger partial charge in [-0.25, -0.2) is 9.59 Å². The van der Waals surface area contributed by atoms with Gasteiger partial charge < -0.3 is 30.5 Å². The van der Waals surface area contributed by atoms with Gasteiger partial charge in [-0.15, -0.1) is 0 Å². The third-order valence-corrected chi connectivity index (χ3v) is 8.73. The number of ether oxygens (including phenoxy) is 2. The second-order valence-electron chi connectivity index (χ2n) is 11.7. The number of anilines is 1. The van der Waals surface area contributed by atoms with Crippen LogP contribution in [0, 0.1) is 0 Å². The SMILES string of the molecule is O=C(N[C@@H](CCN[C@@H](CC1CNc2ccccc21)C(=O)O)C(=O)OCc1ccccc1)OCC1c2ccccc2-c2ccccc21. The maximum absolute atomic E-state index is 13.2. The van der Waals surface area contributed by atoms with Crippen LogP contribution in [-0.2, 0) is 25.7 Å². The van der Waals surface area contributed by atoms with Gasteiger partial charge in [-0.3, -0.25) is 4.79 Å². The van der Waals surface area contributed by atoms with Crippen LogP contribution in [0.2, 0.25) is 0 Å². The topological polar surface area (TPSA) is 126 Å². The predicted molar refractivity (Wildman–Crippen MR) is 175 cm³/mol. The molecule has 0 spiro atoms. The average Bonchev–Trinajstić information content (AvgIpc) is 3.64. The minimum atomic E-state index is -1.05. The van der Waals surface area contributed by atoms with E-state index in [0.29, 0.717) is 13.0 Å². The molecule has 6 rings (SSSR count). The molecule has 0 bridgehead atoms. The van der Waals surface area contributed by atoms with E-state index in [0.717, 1.165) is 39.1 Å². The van der Waals surface area contributed by atoms with Gasteiger partial charge in [0.1, 0.15) is 25.3 Å². The molecule has 4 aromatic rings. The third kappa shape index (κ3) is 7.05. The van der Waals surface area contributed by atoms with E-state index in [4.69, 9.17) is 9.47 Å². The molecular formula is C37H37N3O6. The Hall–Kier alpha value is -5.15. The molecule has 9 nitrogen and oxygen atoms in total. The molecule has 1 unspecified atom stereocenters. The fourth-order valence-corrected chi connectivity index (χ4v) is 6.39. The second-order valence-corrected chi connectivity index (χ2v) is 11.7. The fraction of sp³-hybridized carbons (Fsp3) is 0.270. The minimum Gasteiger partial charge on any atom is -0.480 e. The number of amides is 1. The van der Waals surface area contributed by atoms with Crippen LogP contribution in [0.3, 0.4) is 0 Å². The van der Waals surface area contributed by atoms with Crippen LogP contribution in [0.15, 0.2) is 103 Å².